The quantitative estimate of drug-likeness (QED) is 0.300. The number of phenolic OH excluding ortho intramolecular Hbond substituents is 1. The number of phenols is 1. The van der Waals surface area contributed by atoms with Gasteiger partial charge in [-0.05, 0) is 54.1 Å². The van der Waals surface area contributed by atoms with E-state index in [1.807, 2.05) is 0 Å². The number of benzene rings is 3. The van der Waals surface area contributed by atoms with Crippen molar-refractivity contribution in [3.63, 3.8) is 0 Å². The summed E-state index contributed by atoms with van der Waals surface area (Å²) >= 11 is 5.91. The van der Waals surface area contributed by atoms with Crippen molar-refractivity contribution in [1.29, 1.82) is 0 Å². The first-order valence-corrected chi connectivity index (χ1v) is 10.6. The monoisotopic (exact) mass is 481 g/mol. The highest BCUT2D eigenvalue weighted by Gasteiger charge is 2.34. The number of primary amides is 1. The van der Waals surface area contributed by atoms with Crippen LogP contribution in [-0.4, -0.2) is 36.5 Å². The third kappa shape index (κ3) is 4.53. The van der Waals surface area contributed by atoms with Crippen LogP contribution in [0.3, 0.4) is 0 Å². The zero-order chi connectivity index (χ0) is 24.4. The maximum atomic E-state index is 13.1. The number of carbonyl (C=O) groups excluding carboxylic acids is 3. The Morgan fingerprint density at radius 3 is 2.53 bits per heavy atom. The van der Waals surface area contributed by atoms with Crippen LogP contribution < -0.4 is 19.9 Å². The number of hydrogen-bond donors (Lipinski definition) is 2. The van der Waals surface area contributed by atoms with Gasteiger partial charge < -0.3 is 25.1 Å². The molecule has 0 bridgehead atoms. The van der Waals surface area contributed by atoms with Crippen LogP contribution in [0.25, 0.3) is 0 Å². The number of methoxy groups -OCH3 is 1. The van der Waals surface area contributed by atoms with Crippen molar-refractivity contribution < 1.29 is 33.7 Å². The zero-order valence-corrected chi connectivity index (χ0v) is 18.8. The first kappa shape index (κ1) is 23.1. The molecule has 3 aromatic rings. The normalized spacial score (nSPS) is 14.6. The van der Waals surface area contributed by atoms with E-state index in [1.54, 1.807) is 42.5 Å². The van der Waals surface area contributed by atoms with Crippen molar-refractivity contribution in [2.24, 2.45) is 5.73 Å². The summed E-state index contributed by atoms with van der Waals surface area (Å²) in [7, 11) is 1.44. The van der Waals surface area contributed by atoms with Crippen molar-refractivity contribution in [3.05, 3.63) is 81.9 Å². The Labute approximate surface area is 199 Å². The van der Waals surface area contributed by atoms with Gasteiger partial charge in [0.2, 0.25) is 0 Å². The number of ketones is 1. The largest absolute Gasteiger partial charge is 0.507 e. The fraction of sp³-hybridized carbons (Fsp3) is 0.160. The third-order valence-electron chi connectivity index (χ3n) is 5.43. The summed E-state index contributed by atoms with van der Waals surface area (Å²) in [6.45, 7) is -0.367. The lowest BCUT2D eigenvalue weighted by molar-refractivity contribution is -0.135. The van der Waals surface area contributed by atoms with Crippen LogP contribution in [0.15, 0.2) is 54.6 Å². The Balaban J connectivity index is 1.79. The molecule has 0 unspecified atom stereocenters. The second-order valence-electron chi connectivity index (χ2n) is 7.61. The van der Waals surface area contributed by atoms with E-state index < -0.39 is 23.6 Å². The van der Waals surface area contributed by atoms with E-state index in [9.17, 15) is 19.5 Å². The van der Waals surface area contributed by atoms with Crippen LogP contribution in [0.5, 0.6) is 23.0 Å². The molecule has 0 saturated heterocycles. The standard InChI is InChI=1S/C25H20ClNO7/c1-32-18-8-4-14(10-20(18)33-12-21(27)28)17-11-22(29)34-19-9-7-16(25(31)23(17)19)24(30)13-2-5-15(26)6-3-13/h2-10,17,31H,11-12H2,1H3,(H2,27,28)/t17-/m0/s1. The van der Waals surface area contributed by atoms with E-state index in [-0.39, 0.29) is 35.8 Å². The van der Waals surface area contributed by atoms with Gasteiger partial charge in [-0.3, -0.25) is 14.4 Å². The molecule has 3 aromatic carbocycles. The molecule has 0 saturated carbocycles. The smallest absolute Gasteiger partial charge is 0.312 e. The number of carbonyl (C=O) groups is 3. The summed E-state index contributed by atoms with van der Waals surface area (Å²) in [6.07, 6.45) is -0.0826. The summed E-state index contributed by atoms with van der Waals surface area (Å²) in [5.74, 6) is -1.74. The molecule has 3 N–H and O–H groups in total. The fourth-order valence-corrected chi connectivity index (χ4v) is 3.97. The van der Waals surface area contributed by atoms with Gasteiger partial charge in [0.15, 0.2) is 23.9 Å². The molecular formula is C25H20ClNO7. The van der Waals surface area contributed by atoms with Gasteiger partial charge in [-0.1, -0.05) is 17.7 Å². The maximum Gasteiger partial charge on any atom is 0.312 e. The predicted molar refractivity (Wildman–Crippen MR) is 123 cm³/mol. The van der Waals surface area contributed by atoms with E-state index in [0.717, 1.165) is 0 Å². The molecule has 34 heavy (non-hydrogen) atoms. The van der Waals surface area contributed by atoms with Crippen molar-refractivity contribution in [3.8, 4) is 23.0 Å². The molecule has 4 rings (SSSR count). The van der Waals surface area contributed by atoms with Gasteiger partial charge in [-0.2, -0.15) is 0 Å². The van der Waals surface area contributed by atoms with Crippen LogP contribution in [0, 0.1) is 0 Å². The lowest BCUT2D eigenvalue weighted by Crippen LogP contribution is -2.22. The zero-order valence-electron chi connectivity index (χ0n) is 18.0. The second-order valence-corrected chi connectivity index (χ2v) is 8.04. The highest BCUT2D eigenvalue weighted by atomic mass is 35.5. The molecule has 1 aliphatic rings. The highest BCUT2D eigenvalue weighted by molar-refractivity contribution is 6.30. The Kier molecular flexibility index (Phi) is 6.43. The predicted octanol–water partition coefficient (Wildman–Crippen LogP) is 3.59. The van der Waals surface area contributed by atoms with Gasteiger partial charge in [0.25, 0.3) is 5.91 Å². The number of fused-ring (bicyclic) bond motifs is 1. The van der Waals surface area contributed by atoms with Crippen LogP contribution in [0.4, 0.5) is 0 Å². The molecule has 0 fully saturated rings. The number of ether oxygens (including phenoxy) is 3. The topological polar surface area (TPSA) is 125 Å². The molecule has 1 amide bonds. The molecule has 174 valence electrons. The third-order valence-corrected chi connectivity index (χ3v) is 5.68. The van der Waals surface area contributed by atoms with Crippen LogP contribution >= 0.6 is 11.6 Å². The first-order chi connectivity index (χ1) is 16.3. The summed E-state index contributed by atoms with van der Waals surface area (Å²) in [6, 6.07) is 14.1. The molecular weight excluding hydrogens is 462 g/mol. The number of hydrogen-bond acceptors (Lipinski definition) is 7. The molecule has 0 aliphatic carbocycles. The van der Waals surface area contributed by atoms with E-state index in [2.05, 4.69) is 0 Å². The van der Waals surface area contributed by atoms with E-state index in [1.165, 1.54) is 19.2 Å². The summed E-state index contributed by atoms with van der Waals surface area (Å²) in [5, 5.41) is 11.6. The van der Waals surface area contributed by atoms with Crippen LogP contribution in [0.1, 0.15) is 39.4 Å². The summed E-state index contributed by atoms with van der Waals surface area (Å²) < 4.78 is 16.1. The second kappa shape index (κ2) is 9.44. The van der Waals surface area contributed by atoms with Gasteiger partial charge in [0, 0.05) is 22.1 Å². The van der Waals surface area contributed by atoms with Crippen molar-refractivity contribution in [2.75, 3.05) is 13.7 Å². The maximum absolute atomic E-state index is 13.1. The van der Waals surface area contributed by atoms with Gasteiger partial charge in [-0.15, -0.1) is 0 Å². The van der Waals surface area contributed by atoms with Gasteiger partial charge in [0.05, 0.1) is 19.1 Å². The number of amides is 1. The fourth-order valence-electron chi connectivity index (χ4n) is 3.84. The lowest BCUT2D eigenvalue weighted by atomic mass is 9.84. The minimum atomic E-state index is -0.665. The lowest BCUT2D eigenvalue weighted by Gasteiger charge is -2.27. The number of nitrogens with two attached hydrogens (primary N) is 1. The highest BCUT2D eigenvalue weighted by Crippen LogP contribution is 2.46. The van der Waals surface area contributed by atoms with E-state index in [0.29, 0.717) is 27.5 Å². The van der Waals surface area contributed by atoms with Gasteiger partial charge in [-0.25, -0.2) is 0 Å². The molecule has 9 heteroatoms. The van der Waals surface area contributed by atoms with Crippen LogP contribution in [-0.2, 0) is 9.59 Å². The average molecular weight is 482 g/mol. The van der Waals surface area contributed by atoms with Crippen molar-refractivity contribution in [1.82, 2.24) is 0 Å². The van der Waals surface area contributed by atoms with Gasteiger partial charge in [0.1, 0.15) is 11.5 Å². The van der Waals surface area contributed by atoms with Crippen molar-refractivity contribution in [2.45, 2.75) is 12.3 Å². The van der Waals surface area contributed by atoms with E-state index >= 15 is 0 Å². The molecule has 1 atom stereocenters. The number of rotatable bonds is 7. The summed E-state index contributed by atoms with van der Waals surface area (Å²) in [4.78, 5) is 36.6. The molecule has 0 spiro atoms. The minimum Gasteiger partial charge on any atom is -0.507 e. The average Bonchev–Trinajstić information content (AvgIpc) is 2.82. The number of aromatic hydroxyl groups is 1. The van der Waals surface area contributed by atoms with Gasteiger partial charge >= 0.3 is 5.97 Å². The molecule has 0 aromatic heterocycles. The van der Waals surface area contributed by atoms with Crippen LogP contribution in [0.2, 0.25) is 5.02 Å². The molecule has 1 aliphatic heterocycles. The molecule has 8 nitrogen and oxygen atoms in total. The Morgan fingerprint density at radius 1 is 1.12 bits per heavy atom. The summed E-state index contributed by atoms with van der Waals surface area (Å²) in [5.41, 5.74) is 6.46. The molecule has 0 radical (unpaired) electrons. The Hall–Kier alpha value is -4.04. The van der Waals surface area contributed by atoms with E-state index in [4.69, 9.17) is 31.5 Å². The number of halogens is 1. The minimum absolute atomic E-state index is 0.0581. The Morgan fingerprint density at radius 2 is 1.85 bits per heavy atom. The number of esters is 1. The van der Waals surface area contributed by atoms with Crippen molar-refractivity contribution >= 4 is 29.3 Å². The first-order valence-electron chi connectivity index (χ1n) is 10.2. The Bertz CT molecular complexity index is 1290. The SMILES string of the molecule is COc1ccc([C@@H]2CC(=O)Oc3ccc(C(=O)c4ccc(Cl)cc4)c(O)c32)cc1OCC(N)=O. The molecule has 1 heterocycles.